The first-order valence-corrected chi connectivity index (χ1v) is 16.0. The minimum Gasteiger partial charge on any atom is -0.373 e. The van der Waals surface area contributed by atoms with Gasteiger partial charge in [0.2, 0.25) is 5.34 Å². The van der Waals surface area contributed by atoms with Gasteiger partial charge in [-0.3, -0.25) is 4.57 Å². The van der Waals surface area contributed by atoms with Gasteiger partial charge in [0.05, 0.1) is 21.1 Å². The van der Waals surface area contributed by atoms with Crippen LogP contribution in [0.4, 0.5) is 0 Å². The Kier molecular flexibility index (Phi) is 20.3. The quantitative estimate of drug-likeness (QED) is 0.0524. The predicted octanol–water partition coefficient (Wildman–Crippen LogP) is 8.10. The van der Waals surface area contributed by atoms with E-state index in [0.29, 0.717) is 10.9 Å². The van der Waals surface area contributed by atoms with Gasteiger partial charge in [-0.25, -0.2) is 0 Å². The molecule has 0 aromatic carbocycles. The lowest BCUT2D eigenvalue weighted by molar-refractivity contribution is -0.875. The summed E-state index contributed by atoms with van der Waals surface area (Å²) in [6.07, 6.45) is 31.3. The van der Waals surface area contributed by atoms with Gasteiger partial charge in [-0.1, -0.05) is 95.4 Å². The molecule has 0 rings (SSSR count). The Labute approximate surface area is 217 Å². The third kappa shape index (κ3) is 21.4. The van der Waals surface area contributed by atoms with Crippen molar-refractivity contribution in [3.63, 3.8) is 0 Å². The van der Waals surface area contributed by atoms with Crippen LogP contribution in [0.2, 0.25) is 0 Å². The molecule has 3 N–H and O–H groups in total. The summed E-state index contributed by atoms with van der Waals surface area (Å²) in [7, 11) is 0.962. The zero-order valence-electron chi connectivity index (χ0n) is 23.6. The van der Waals surface area contributed by atoms with Crippen molar-refractivity contribution in [2.45, 2.75) is 134 Å². The monoisotopic (exact) mass is 516 g/mol. The molecule has 0 fully saturated rings. The lowest BCUT2D eigenvalue weighted by Gasteiger charge is -2.35. The van der Waals surface area contributed by atoms with Gasteiger partial charge in [-0.05, 0) is 57.8 Å². The number of aliphatic hydroxyl groups is 1. The minimum absolute atomic E-state index is 0.0547. The molecule has 6 heteroatoms. The summed E-state index contributed by atoms with van der Waals surface area (Å²) in [6.45, 7) is 2.30. The van der Waals surface area contributed by atoms with Gasteiger partial charge in [-0.15, -0.1) is 0 Å². The Morgan fingerprint density at radius 3 is 1.31 bits per heavy atom. The lowest BCUT2D eigenvalue weighted by Crippen LogP contribution is -2.49. The molecule has 0 aliphatic heterocycles. The van der Waals surface area contributed by atoms with E-state index < -0.39 is 12.9 Å². The van der Waals surface area contributed by atoms with E-state index in [1.54, 1.807) is 0 Å². The third-order valence-electron chi connectivity index (χ3n) is 6.52. The van der Waals surface area contributed by atoms with Gasteiger partial charge in [-0.2, -0.15) is 0 Å². The summed E-state index contributed by atoms with van der Waals surface area (Å²) in [5, 5.41) is 8.64. The highest BCUT2D eigenvalue weighted by atomic mass is 31.2. The van der Waals surface area contributed by atoms with Gasteiger partial charge in [0, 0.05) is 0 Å². The van der Waals surface area contributed by atoms with Gasteiger partial charge >= 0.3 is 7.60 Å². The largest absolute Gasteiger partial charge is 0.373 e. The summed E-state index contributed by atoms with van der Waals surface area (Å²) in [5.74, 6) is 0. The molecule has 0 saturated carbocycles. The maximum atomic E-state index is 11.8. The van der Waals surface area contributed by atoms with Crippen molar-refractivity contribution in [3.05, 3.63) is 24.3 Å². The molecular weight excluding hydrogens is 457 g/mol. The van der Waals surface area contributed by atoms with E-state index in [4.69, 9.17) is 0 Å². The summed E-state index contributed by atoms with van der Waals surface area (Å²) >= 11 is 0. The molecule has 0 aromatic rings. The fourth-order valence-electron chi connectivity index (χ4n) is 4.48. The molecule has 0 amide bonds. The normalized spacial score (nSPS) is 14.8. The summed E-state index contributed by atoms with van der Waals surface area (Å²) in [6, 6.07) is 0. The number of unbranched alkanes of at least 4 members (excludes halogenated alkanes) is 15. The highest BCUT2D eigenvalue weighted by Crippen LogP contribution is 2.52. The molecule has 0 spiro atoms. The fourth-order valence-corrected chi connectivity index (χ4v) is 5.54. The van der Waals surface area contributed by atoms with Crippen LogP contribution >= 0.6 is 7.60 Å². The van der Waals surface area contributed by atoms with Crippen molar-refractivity contribution >= 4 is 7.60 Å². The van der Waals surface area contributed by atoms with Crippen molar-refractivity contribution < 1.29 is 23.9 Å². The van der Waals surface area contributed by atoms with Crippen LogP contribution in [0, 0.1) is 0 Å². The Bertz CT molecular complexity index is 594. The molecule has 0 aliphatic rings. The topological polar surface area (TPSA) is 77.8 Å². The first-order valence-electron chi connectivity index (χ1n) is 14.4. The van der Waals surface area contributed by atoms with Crippen LogP contribution < -0.4 is 0 Å². The van der Waals surface area contributed by atoms with Crippen LogP contribution in [-0.2, 0) is 4.57 Å². The van der Waals surface area contributed by atoms with Crippen molar-refractivity contribution in [1.29, 1.82) is 0 Å². The molecule has 0 aliphatic carbocycles. The van der Waals surface area contributed by atoms with Crippen LogP contribution in [0.1, 0.15) is 129 Å². The smallest absolute Gasteiger partial charge is 0.362 e. The predicted molar refractivity (Wildman–Crippen MR) is 152 cm³/mol. The van der Waals surface area contributed by atoms with Gasteiger partial charge in [0.25, 0.3) is 0 Å². The van der Waals surface area contributed by atoms with Crippen molar-refractivity contribution in [3.8, 4) is 0 Å². The Morgan fingerprint density at radius 1 is 0.629 bits per heavy atom. The molecule has 0 saturated heterocycles. The molecule has 35 heavy (non-hydrogen) atoms. The van der Waals surface area contributed by atoms with Gasteiger partial charge < -0.3 is 19.4 Å². The van der Waals surface area contributed by atoms with Crippen LogP contribution in [0.25, 0.3) is 0 Å². The summed E-state index contributed by atoms with van der Waals surface area (Å²) in [5.41, 5.74) is 0. The first-order chi connectivity index (χ1) is 16.5. The number of quaternary nitrogens is 1. The van der Waals surface area contributed by atoms with Gasteiger partial charge in [0.15, 0.2) is 0 Å². The van der Waals surface area contributed by atoms with Crippen LogP contribution in [-0.4, -0.2) is 52.4 Å². The number of rotatable bonds is 24. The maximum absolute atomic E-state index is 11.8. The van der Waals surface area contributed by atoms with E-state index in [1.165, 1.54) is 77.0 Å². The molecule has 5 nitrogen and oxygen atoms in total. The third-order valence-corrected chi connectivity index (χ3v) is 7.97. The van der Waals surface area contributed by atoms with E-state index in [9.17, 15) is 19.5 Å². The first kappa shape index (κ1) is 34.6. The van der Waals surface area contributed by atoms with Crippen molar-refractivity contribution in [2.75, 3.05) is 27.7 Å². The van der Waals surface area contributed by atoms with E-state index in [0.717, 1.165) is 32.1 Å². The zero-order valence-corrected chi connectivity index (χ0v) is 24.5. The number of hydrogen-bond donors (Lipinski definition) is 3. The molecule has 0 radical (unpaired) electrons. The number of hydrogen-bond acceptors (Lipinski definition) is 2. The van der Waals surface area contributed by atoms with Gasteiger partial charge in [0.1, 0.15) is 6.54 Å². The second kappa shape index (κ2) is 20.6. The van der Waals surface area contributed by atoms with Crippen molar-refractivity contribution in [2.24, 2.45) is 0 Å². The average Bonchev–Trinajstić information content (AvgIpc) is 2.75. The summed E-state index contributed by atoms with van der Waals surface area (Å²) in [4.78, 5) is 19.2. The minimum atomic E-state index is -4.55. The van der Waals surface area contributed by atoms with E-state index in [2.05, 4.69) is 31.2 Å². The second-order valence-corrected chi connectivity index (χ2v) is 13.3. The Balaban J connectivity index is 3.57. The summed E-state index contributed by atoms with van der Waals surface area (Å²) < 4.78 is 12.1. The fraction of sp³-hybridized carbons (Fsp3) is 0.862. The molecular formula is C29H59NO4P+. The zero-order chi connectivity index (χ0) is 26.5. The second-order valence-electron chi connectivity index (χ2n) is 11.4. The average molecular weight is 517 g/mol. The van der Waals surface area contributed by atoms with E-state index in [1.807, 2.05) is 21.1 Å². The molecule has 1 atom stereocenters. The maximum Gasteiger partial charge on any atom is 0.362 e. The van der Waals surface area contributed by atoms with Crippen LogP contribution in [0.5, 0.6) is 0 Å². The molecule has 208 valence electrons. The number of nitrogens with zero attached hydrogens (tertiary/aromatic N) is 1. The number of likely N-dealkylation sites (N-methyl/N-ethyl adjacent to an activating group) is 1. The molecule has 0 heterocycles. The highest BCUT2D eigenvalue weighted by Gasteiger charge is 2.48. The molecule has 1 unspecified atom stereocenters. The standard InChI is InChI=1S/C29H58NO4P/c1-5-6-7-8-9-10-11-12-13-14-15-16-17-18-19-20-21-22-23-24-25-26-27-29(31,35(32,33)34)28-30(2,3)4/h8-9,19-20,31H,5-7,10-18,21-28H2,1-4H3,(H-,32,33,34)/p+1/b9-8-,20-19-. The van der Waals surface area contributed by atoms with E-state index in [-0.39, 0.29) is 13.0 Å². The Hall–Kier alpha value is -0.450. The van der Waals surface area contributed by atoms with Crippen LogP contribution in [0.3, 0.4) is 0 Å². The van der Waals surface area contributed by atoms with Crippen LogP contribution in [0.15, 0.2) is 24.3 Å². The molecule has 0 bridgehead atoms. The SMILES string of the molecule is CCCC/C=C\CCCCCCCCC/C=C\CCCCCCCC(O)(C[N+](C)(C)C)P(=O)(O)O. The lowest BCUT2D eigenvalue weighted by atomic mass is 10.1. The molecule has 0 aromatic heterocycles. The number of allylic oxidation sites excluding steroid dienone is 4. The highest BCUT2D eigenvalue weighted by molar-refractivity contribution is 7.53. The Morgan fingerprint density at radius 2 is 0.971 bits per heavy atom. The van der Waals surface area contributed by atoms with Crippen molar-refractivity contribution in [1.82, 2.24) is 0 Å². The van der Waals surface area contributed by atoms with E-state index >= 15 is 0 Å².